The van der Waals surface area contributed by atoms with E-state index in [4.69, 9.17) is 19.7 Å². The summed E-state index contributed by atoms with van der Waals surface area (Å²) in [6.07, 6.45) is -3.03. The topological polar surface area (TPSA) is 123 Å². The van der Waals surface area contributed by atoms with Gasteiger partial charge in [0.2, 0.25) is 5.88 Å². The fraction of sp³-hybridized carbons (Fsp3) is 0.440. The van der Waals surface area contributed by atoms with E-state index in [1.165, 1.54) is 0 Å². The third-order valence-corrected chi connectivity index (χ3v) is 8.06. The van der Waals surface area contributed by atoms with Crippen molar-refractivity contribution in [3.8, 4) is 11.6 Å². The second-order valence-electron chi connectivity index (χ2n) is 8.68. The number of aliphatic hydroxyl groups is 1. The Morgan fingerprint density at radius 2 is 2.03 bits per heavy atom. The summed E-state index contributed by atoms with van der Waals surface area (Å²) in [5.41, 5.74) is 0.684. The molecule has 3 rings (SSSR count). The van der Waals surface area contributed by atoms with Crippen LogP contribution in [0.25, 0.3) is 6.08 Å². The minimum atomic E-state index is -4.86. The van der Waals surface area contributed by atoms with Crippen LogP contribution in [0.2, 0.25) is 0 Å². The third-order valence-electron chi connectivity index (χ3n) is 5.96. The van der Waals surface area contributed by atoms with Gasteiger partial charge >= 0.3 is 12.1 Å². The van der Waals surface area contributed by atoms with Gasteiger partial charge in [0, 0.05) is 24.6 Å². The maximum atomic E-state index is 13.9. The van der Waals surface area contributed by atoms with E-state index in [9.17, 15) is 26.4 Å². The Kier molecular flexibility index (Phi) is 8.85. The van der Waals surface area contributed by atoms with Gasteiger partial charge < -0.3 is 19.7 Å². The number of carboxylic acids is 1. The molecule has 0 fully saturated rings. The Balaban J connectivity index is 2.18. The number of halogens is 3. The van der Waals surface area contributed by atoms with Gasteiger partial charge in [-0.1, -0.05) is 24.6 Å². The van der Waals surface area contributed by atoms with E-state index in [1.807, 2.05) is 19.9 Å². The van der Waals surface area contributed by atoms with Crippen LogP contribution < -0.4 is 9.47 Å². The molecule has 0 radical (unpaired) electrons. The predicted molar refractivity (Wildman–Crippen MR) is 128 cm³/mol. The quantitative estimate of drug-likeness (QED) is 0.438. The second kappa shape index (κ2) is 11.5. The molecule has 2 heterocycles. The zero-order valence-electron chi connectivity index (χ0n) is 20.3. The van der Waals surface area contributed by atoms with Crippen LogP contribution in [-0.4, -0.2) is 48.9 Å². The van der Waals surface area contributed by atoms with Gasteiger partial charge in [0.05, 0.1) is 17.4 Å². The van der Waals surface area contributed by atoms with Crippen LogP contribution in [0.5, 0.6) is 11.6 Å². The van der Waals surface area contributed by atoms with Gasteiger partial charge in [0.25, 0.3) is 0 Å². The summed E-state index contributed by atoms with van der Waals surface area (Å²) < 4.78 is 79.4. The molecule has 1 aromatic carbocycles. The molecule has 1 aliphatic heterocycles. The number of aliphatic carboxylic acids is 1. The monoisotopic (exact) mass is 543 g/mol. The van der Waals surface area contributed by atoms with Crippen molar-refractivity contribution in [2.24, 2.45) is 0 Å². The number of ether oxygens (including phenoxy) is 2. The molecule has 0 amide bonds. The lowest BCUT2D eigenvalue weighted by molar-refractivity contribution is -0.138. The molecule has 8 nitrogen and oxygen atoms in total. The summed E-state index contributed by atoms with van der Waals surface area (Å²) >= 11 is 0. The zero-order valence-corrected chi connectivity index (χ0v) is 21.1. The molecule has 37 heavy (non-hydrogen) atoms. The van der Waals surface area contributed by atoms with E-state index in [-0.39, 0.29) is 37.2 Å². The van der Waals surface area contributed by atoms with Gasteiger partial charge in [-0.05, 0) is 43.5 Å². The number of allylic oxidation sites excluding steroid dienone is 1. The van der Waals surface area contributed by atoms with Crippen molar-refractivity contribution in [2.75, 3.05) is 13.2 Å². The SMILES string of the molecule is CC/C(C)=C\c1ccc2c(c1)C(S(=O)(=O)c1cc(C(F)(F)F)cnc1OCCO)C[C@H](CCC(=O)O)O2. The highest BCUT2D eigenvalue weighted by Gasteiger charge is 2.41. The van der Waals surface area contributed by atoms with Gasteiger partial charge in [-0.15, -0.1) is 0 Å². The summed E-state index contributed by atoms with van der Waals surface area (Å²) in [5, 5.41) is 16.8. The largest absolute Gasteiger partial charge is 0.490 e. The van der Waals surface area contributed by atoms with Gasteiger partial charge in [0.1, 0.15) is 23.4 Å². The Labute approximate surface area is 212 Å². The number of alkyl halides is 3. The summed E-state index contributed by atoms with van der Waals surface area (Å²) in [7, 11) is -4.56. The lowest BCUT2D eigenvalue weighted by atomic mass is 9.96. The molecule has 0 spiro atoms. The van der Waals surface area contributed by atoms with Crippen molar-refractivity contribution in [1.29, 1.82) is 0 Å². The zero-order chi connectivity index (χ0) is 27.4. The number of aromatic nitrogens is 1. The maximum Gasteiger partial charge on any atom is 0.417 e. The van der Waals surface area contributed by atoms with Crippen molar-refractivity contribution in [3.63, 3.8) is 0 Å². The van der Waals surface area contributed by atoms with Crippen molar-refractivity contribution in [2.45, 2.75) is 62.0 Å². The van der Waals surface area contributed by atoms with Crippen molar-refractivity contribution >= 4 is 21.9 Å². The highest BCUT2D eigenvalue weighted by molar-refractivity contribution is 7.91. The van der Waals surface area contributed by atoms with E-state index in [0.29, 0.717) is 17.8 Å². The van der Waals surface area contributed by atoms with Crippen LogP contribution in [-0.2, 0) is 20.8 Å². The number of carbonyl (C=O) groups is 1. The number of pyridine rings is 1. The van der Waals surface area contributed by atoms with E-state index < -0.39 is 56.3 Å². The molecule has 0 bridgehead atoms. The van der Waals surface area contributed by atoms with Gasteiger partial charge in [0.15, 0.2) is 9.84 Å². The lowest BCUT2D eigenvalue weighted by Crippen LogP contribution is -2.30. The minimum Gasteiger partial charge on any atom is -0.490 e. The van der Waals surface area contributed by atoms with Gasteiger partial charge in [-0.3, -0.25) is 4.79 Å². The number of sulfone groups is 1. The van der Waals surface area contributed by atoms with Crippen LogP contribution >= 0.6 is 0 Å². The summed E-state index contributed by atoms with van der Waals surface area (Å²) in [5.74, 6) is -1.44. The normalized spacial score (nSPS) is 18.2. The van der Waals surface area contributed by atoms with Crippen molar-refractivity contribution in [3.05, 3.63) is 52.7 Å². The average molecular weight is 544 g/mol. The van der Waals surface area contributed by atoms with Gasteiger partial charge in [-0.25, -0.2) is 13.4 Å². The number of rotatable bonds is 10. The molecule has 1 unspecified atom stereocenters. The number of nitrogens with zero attached hydrogens (tertiary/aromatic N) is 1. The number of aliphatic hydroxyl groups excluding tert-OH is 1. The molecule has 202 valence electrons. The first kappa shape index (κ1) is 28.5. The maximum absolute atomic E-state index is 13.9. The molecule has 0 aliphatic carbocycles. The molecule has 1 aliphatic rings. The van der Waals surface area contributed by atoms with Crippen LogP contribution in [0.15, 0.2) is 40.9 Å². The summed E-state index contributed by atoms with van der Waals surface area (Å²) in [6, 6.07) is 5.39. The van der Waals surface area contributed by atoms with Crippen LogP contribution in [0.4, 0.5) is 13.2 Å². The number of carboxylic acid groups (broad SMARTS) is 1. The second-order valence-corrected chi connectivity index (χ2v) is 10.8. The first-order valence-corrected chi connectivity index (χ1v) is 13.2. The van der Waals surface area contributed by atoms with Crippen molar-refractivity contribution in [1.82, 2.24) is 4.98 Å². The number of hydrogen-bond acceptors (Lipinski definition) is 7. The van der Waals surface area contributed by atoms with Crippen molar-refractivity contribution < 1.29 is 46.1 Å². The van der Waals surface area contributed by atoms with E-state index in [2.05, 4.69) is 4.98 Å². The van der Waals surface area contributed by atoms with Crippen LogP contribution in [0.3, 0.4) is 0 Å². The Hall–Kier alpha value is -3.12. The predicted octanol–water partition coefficient (Wildman–Crippen LogP) is 4.82. The third kappa shape index (κ3) is 6.80. The smallest absolute Gasteiger partial charge is 0.417 e. The van der Waals surface area contributed by atoms with Gasteiger partial charge in [-0.2, -0.15) is 13.2 Å². The summed E-state index contributed by atoms with van der Waals surface area (Å²) in [4.78, 5) is 13.9. The molecule has 0 saturated carbocycles. The first-order valence-electron chi connectivity index (χ1n) is 11.6. The van der Waals surface area contributed by atoms with E-state index in [0.717, 1.165) is 12.0 Å². The Morgan fingerprint density at radius 1 is 1.30 bits per heavy atom. The molecular formula is C25H28F3NO7S. The number of fused-ring (bicyclic) bond motifs is 1. The van der Waals surface area contributed by atoms with Crippen LogP contribution in [0.1, 0.15) is 61.5 Å². The number of benzene rings is 1. The molecule has 2 aromatic rings. The molecule has 1 aromatic heterocycles. The highest BCUT2D eigenvalue weighted by Crippen LogP contribution is 2.46. The first-order chi connectivity index (χ1) is 17.4. The van der Waals surface area contributed by atoms with Crippen LogP contribution in [0, 0.1) is 0 Å². The fourth-order valence-corrected chi connectivity index (χ4v) is 5.88. The lowest BCUT2D eigenvalue weighted by Gasteiger charge is -2.32. The standard InChI is InChI=1S/C25H28F3NO7S/c1-3-15(2)10-16-4-6-20-19(11-16)21(13-18(36-20)5-7-23(31)32)37(33,34)22-12-17(25(26,27)28)14-29-24(22)35-9-8-30/h4,6,10-12,14,18,21,30H,3,5,7-9,13H2,1-2H3,(H,31,32)/b15-10-/t18-,21?/m0/s1. The molecule has 2 N–H and O–H groups in total. The summed E-state index contributed by atoms with van der Waals surface area (Å²) in [6.45, 7) is 2.98. The Morgan fingerprint density at radius 3 is 2.65 bits per heavy atom. The van der Waals surface area contributed by atoms with E-state index in [1.54, 1.807) is 18.2 Å². The number of hydrogen-bond donors (Lipinski definition) is 2. The van der Waals surface area contributed by atoms with E-state index >= 15 is 0 Å². The highest BCUT2D eigenvalue weighted by atomic mass is 32.2. The molecule has 2 atom stereocenters. The minimum absolute atomic E-state index is 0.00605. The Bertz CT molecular complexity index is 1280. The molecular weight excluding hydrogens is 515 g/mol. The molecule has 0 saturated heterocycles. The fourth-order valence-electron chi connectivity index (χ4n) is 3.95. The average Bonchev–Trinajstić information content (AvgIpc) is 2.84. The molecule has 12 heteroatoms.